The van der Waals surface area contributed by atoms with E-state index in [0.717, 1.165) is 30.6 Å². The molecule has 1 saturated carbocycles. The second-order valence-corrected chi connectivity index (χ2v) is 6.75. The fourth-order valence-electron chi connectivity index (χ4n) is 4.13. The van der Waals surface area contributed by atoms with Gasteiger partial charge in [-0.1, -0.05) is 12.8 Å². The van der Waals surface area contributed by atoms with Gasteiger partial charge in [-0.3, -0.25) is 29.4 Å². The lowest BCUT2D eigenvalue weighted by Crippen LogP contribution is -2.69. The highest BCUT2D eigenvalue weighted by atomic mass is 16.3. The van der Waals surface area contributed by atoms with Crippen molar-refractivity contribution in [2.45, 2.75) is 56.9 Å². The standard InChI is InChI=1S/C15H20N2O5/c18-9-15(6-3-10(19)16-13(15)22)17-11(20)7-14(8-12(17)21)4-1-2-5-14/h18H,1-9H2,(H,16,19,22). The van der Waals surface area contributed by atoms with Crippen molar-refractivity contribution in [3.63, 3.8) is 0 Å². The number of nitrogens with zero attached hydrogens (tertiary/aromatic N) is 1. The Morgan fingerprint density at radius 3 is 2.09 bits per heavy atom. The molecular weight excluding hydrogens is 288 g/mol. The van der Waals surface area contributed by atoms with Crippen LogP contribution in [0.2, 0.25) is 0 Å². The monoisotopic (exact) mass is 308 g/mol. The van der Waals surface area contributed by atoms with Crippen molar-refractivity contribution < 1.29 is 24.3 Å². The number of amides is 4. The molecule has 3 aliphatic rings. The van der Waals surface area contributed by atoms with Gasteiger partial charge in [0.05, 0.1) is 6.61 Å². The lowest BCUT2D eigenvalue weighted by molar-refractivity contribution is -0.172. The average Bonchev–Trinajstić information content (AvgIpc) is 2.88. The van der Waals surface area contributed by atoms with E-state index >= 15 is 0 Å². The predicted octanol–water partition coefficient (Wildman–Crippen LogP) is -0.137. The number of rotatable bonds is 2. The average molecular weight is 308 g/mol. The first-order chi connectivity index (χ1) is 10.4. The summed E-state index contributed by atoms with van der Waals surface area (Å²) >= 11 is 0. The summed E-state index contributed by atoms with van der Waals surface area (Å²) in [5.74, 6) is -2.01. The molecule has 1 atom stereocenters. The fraction of sp³-hybridized carbons (Fsp3) is 0.733. The van der Waals surface area contributed by atoms with Gasteiger partial charge in [0.25, 0.3) is 5.91 Å². The van der Waals surface area contributed by atoms with Crippen LogP contribution in [-0.2, 0) is 19.2 Å². The van der Waals surface area contributed by atoms with Gasteiger partial charge >= 0.3 is 0 Å². The second-order valence-electron chi connectivity index (χ2n) is 6.75. The Morgan fingerprint density at radius 1 is 1.00 bits per heavy atom. The largest absolute Gasteiger partial charge is 0.393 e. The highest BCUT2D eigenvalue weighted by Gasteiger charge is 2.56. The van der Waals surface area contributed by atoms with Crippen LogP contribution in [0.15, 0.2) is 0 Å². The molecule has 120 valence electrons. The van der Waals surface area contributed by atoms with Gasteiger partial charge in [0.2, 0.25) is 17.7 Å². The first kappa shape index (κ1) is 15.1. The van der Waals surface area contributed by atoms with Crippen molar-refractivity contribution >= 4 is 23.6 Å². The summed E-state index contributed by atoms with van der Waals surface area (Å²) < 4.78 is 0. The molecule has 2 saturated heterocycles. The van der Waals surface area contributed by atoms with Crippen molar-refractivity contribution in [3.05, 3.63) is 0 Å². The van der Waals surface area contributed by atoms with E-state index in [1.165, 1.54) is 0 Å². The highest BCUT2D eigenvalue weighted by Crippen LogP contribution is 2.48. The molecule has 1 aliphatic carbocycles. The van der Waals surface area contributed by atoms with E-state index in [1.54, 1.807) is 0 Å². The summed E-state index contributed by atoms with van der Waals surface area (Å²) in [4.78, 5) is 49.6. The summed E-state index contributed by atoms with van der Waals surface area (Å²) in [6, 6.07) is 0. The van der Waals surface area contributed by atoms with Gasteiger partial charge in [-0.05, 0) is 24.7 Å². The third-order valence-corrected chi connectivity index (χ3v) is 5.35. The molecule has 7 heteroatoms. The van der Waals surface area contributed by atoms with Crippen LogP contribution in [-0.4, -0.2) is 45.8 Å². The first-order valence-corrected chi connectivity index (χ1v) is 7.74. The molecule has 7 nitrogen and oxygen atoms in total. The van der Waals surface area contributed by atoms with Gasteiger partial charge in [-0.25, -0.2) is 0 Å². The van der Waals surface area contributed by atoms with Crippen LogP contribution in [0, 0.1) is 5.41 Å². The Bertz CT molecular complexity index is 532. The SMILES string of the molecule is O=C1CCC(CO)(N2C(=O)CC3(CCCC3)CC2=O)C(=O)N1. The minimum atomic E-state index is -1.62. The number of imide groups is 2. The maximum absolute atomic E-state index is 12.6. The summed E-state index contributed by atoms with van der Waals surface area (Å²) in [5, 5.41) is 11.9. The lowest BCUT2D eigenvalue weighted by atomic mass is 9.74. The van der Waals surface area contributed by atoms with Gasteiger partial charge in [-0.2, -0.15) is 0 Å². The first-order valence-electron chi connectivity index (χ1n) is 7.74. The molecule has 22 heavy (non-hydrogen) atoms. The number of likely N-dealkylation sites (tertiary alicyclic amines) is 1. The number of hydrogen-bond acceptors (Lipinski definition) is 5. The van der Waals surface area contributed by atoms with E-state index in [-0.39, 0.29) is 31.1 Å². The second kappa shape index (κ2) is 5.15. The molecule has 2 aliphatic heterocycles. The van der Waals surface area contributed by atoms with Crippen LogP contribution < -0.4 is 5.32 Å². The normalized spacial score (nSPS) is 31.8. The minimum Gasteiger partial charge on any atom is -0.393 e. The molecule has 0 radical (unpaired) electrons. The van der Waals surface area contributed by atoms with E-state index in [2.05, 4.69) is 5.32 Å². The van der Waals surface area contributed by atoms with Crippen LogP contribution in [0.25, 0.3) is 0 Å². The van der Waals surface area contributed by atoms with Gasteiger partial charge in [0.15, 0.2) is 5.54 Å². The number of aliphatic hydroxyl groups is 1. The Hall–Kier alpha value is -1.76. The molecule has 4 amide bonds. The topological polar surface area (TPSA) is 104 Å². The zero-order valence-corrected chi connectivity index (χ0v) is 12.4. The lowest BCUT2D eigenvalue weighted by Gasteiger charge is -2.47. The number of aliphatic hydroxyl groups excluding tert-OH is 1. The van der Waals surface area contributed by atoms with E-state index in [9.17, 15) is 24.3 Å². The van der Waals surface area contributed by atoms with Crippen molar-refractivity contribution in [2.24, 2.45) is 5.41 Å². The minimum absolute atomic E-state index is 0.00844. The smallest absolute Gasteiger partial charge is 0.255 e. The molecular formula is C15H20N2O5. The summed E-state index contributed by atoms with van der Waals surface area (Å²) in [6.07, 6.45) is 4.21. The number of nitrogens with one attached hydrogen (secondary N) is 1. The molecule has 0 aromatic heterocycles. The molecule has 1 spiro atoms. The van der Waals surface area contributed by atoms with Crippen molar-refractivity contribution in [2.75, 3.05) is 6.61 Å². The maximum Gasteiger partial charge on any atom is 0.255 e. The summed E-state index contributed by atoms with van der Waals surface area (Å²) in [5.41, 5.74) is -1.88. The van der Waals surface area contributed by atoms with Gasteiger partial charge < -0.3 is 5.11 Å². The molecule has 0 bridgehead atoms. The number of hydrogen-bond donors (Lipinski definition) is 2. The third-order valence-electron chi connectivity index (χ3n) is 5.35. The molecule has 2 heterocycles. The van der Waals surface area contributed by atoms with Gasteiger partial charge in [0, 0.05) is 19.3 Å². The van der Waals surface area contributed by atoms with Crippen LogP contribution in [0.3, 0.4) is 0 Å². The Balaban J connectivity index is 1.90. The van der Waals surface area contributed by atoms with Gasteiger partial charge in [-0.15, -0.1) is 0 Å². The van der Waals surface area contributed by atoms with E-state index in [4.69, 9.17) is 0 Å². The third kappa shape index (κ3) is 2.15. The maximum atomic E-state index is 12.6. The fourth-order valence-corrected chi connectivity index (χ4v) is 4.13. The molecule has 3 rings (SSSR count). The molecule has 0 aromatic rings. The molecule has 2 N–H and O–H groups in total. The van der Waals surface area contributed by atoms with Crippen LogP contribution in [0.1, 0.15) is 51.4 Å². The van der Waals surface area contributed by atoms with Crippen molar-refractivity contribution in [1.29, 1.82) is 0 Å². The van der Waals surface area contributed by atoms with Gasteiger partial charge in [0.1, 0.15) is 0 Å². The Labute approximate surface area is 128 Å². The summed E-state index contributed by atoms with van der Waals surface area (Å²) in [6.45, 7) is -0.656. The summed E-state index contributed by atoms with van der Waals surface area (Å²) in [7, 11) is 0. The highest BCUT2D eigenvalue weighted by molar-refractivity contribution is 6.09. The quantitative estimate of drug-likeness (QED) is 0.691. The van der Waals surface area contributed by atoms with E-state index < -0.39 is 35.8 Å². The van der Waals surface area contributed by atoms with Crippen molar-refractivity contribution in [3.8, 4) is 0 Å². The van der Waals surface area contributed by atoms with Crippen LogP contribution in [0.5, 0.6) is 0 Å². The molecule has 3 fully saturated rings. The van der Waals surface area contributed by atoms with Crippen LogP contribution in [0.4, 0.5) is 0 Å². The van der Waals surface area contributed by atoms with E-state index in [0.29, 0.717) is 0 Å². The zero-order valence-electron chi connectivity index (χ0n) is 12.4. The van der Waals surface area contributed by atoms with Crippen LogP contribution >= 0.6 is 0 Å². The molecule has 1 unspecified atom stereocenters. The Kier molecular flexibility index (Phi) is 3.55. The zero-order chi connectivity index (χ0) is 16.0. The van der Waals surface area contributed by atoms with E-state index in [1.807, 2.05) is 0 Å². The predicted molar refractivity (Wildman–Crippen MR) is 74.2 cm³/mol. The Morgan fingerprint density at radius 2 is 1.59 bits per heavy atom. The number of piperidine rings is 2. The molecule has 0 aromatic carbocycles. The van der Waals surface area contributed by atoms with Crippen molar-refractivity contribution in [1.82, 2.24) is 10.2 Å². The number of carbonyl (C=O) groups is 4. The number of carbonyl (C=O) groups excluding carboxylic acids is 4.